The lowest BCUT2D eigenvalue weighted by Gasteiger charge is -2.20. The average molecular weight is 320 g/mol. The molecular weight excluding hydrogens is 295 g/mol. The highest BCUT2D eigenvalue weighted by molar-refractivity contribution is 7.65. The van der Waals surface area contributed by atoms with Crippen LogP contribution in [0.1, 0.15) is 51.5 Å². The number of hydrogen-bond donors (Lipinski definition) is 0. The van der Waals surface area contributed by atoms with Crippen LogP contribution in [0.15, 0.2) is 41.6 Å². The van der Waals surface area contributed by atoms with E-state index in [1.54, 1.807) is 0 Å². The number of rotatable bonds is 6. The van der Waals surface area contributed by atoms with Crippen molar-refractivity contribution in [2.45, 2.75) is 46.0 Å². The van der Waals surface area contributed by atoms with E-state index in [1.807, 2.05) is 44.2 Å². The molecule has 0 aromatic heterocycles. The first-order chi connectivity index (χ1) is 10.7. The second-order valence-electron chi connectivity index (χ2n) is 5.34. The van der Waals surface area contributed by atoms with Crippen LogP contribution in [0.4, 0.5) is 0 Å². The smallest absolute Gasteiger partial charge is 0.305 e. The van der Waals surface area contributed by atoms with Gasteiger partial charge in [0, 0.05) is 0 Å². The molecule has 4 heteroatoms. The molecule has 1 aromatic rings. The molecule has 1 fully saturated rings. The summed E-state index contributed by atoms with van der Waals surface area (Å²) in [7, 11) is -3.33. The molecule has 120 valence electrons. The van der Waals surface area contributed by atoms with Crippen LogP contribution in [0.5, 0.6) is 0 Å². The van der Waals surface area contributed by atoms with Gasteiger partial charge in [-0.25, -0.2) is 0 Å². The van der Waals surface area contributed by atoms with Gasteiger partial charge < -0.3 is 9.05 Å². The van der Waals surface area contributed by atoms with E-state index in [-0.39, 0.29) is 0 Å². The van der Waals surface area contributed by atoms with Crippen molar-refractivity contribution in [3.8, 4) is 0 Å². The molecule has 1 aromatic carbocycles. The number of benzene rings is 1. The Morgan fingerprint density at radius 3 is 2.18 bits per heavy atom. The second kappa shape index (κ2) is 8.50. The quantitative estimate of drug-likeness (QED) is 0.492. The lowest BCUT2D eigenvalue weighted by molar-refractivity contribution is 0.230. The lowest BCUT2D eigenvalue weighted by Crippen LogP contribution is -1.99. The van der Waals surface area contributed by atoms with Gasteiger partial charge in [-0.15, -0.1) is 5.73 Å². The third-order valence-corrected chi connectivity index (χ3v) is 5.79. The predicted molar refractivity (Wildman–Crippen MR) is 90.8 cm³/mol. The zero-order valence-corrected chi connectivity index (χ0v) is 14.4. The van der Waals surface area contributed by atoms with Gasteiger partial charge in [-0.3, -0.25) is 4.57 Å². The Hall–Kier alpha value is -1.11. The first kappa shape index (κ1) is 17.2. The number of allylic oxidation sites excluding steroid dienone is 1. The monoisotopic (exact) mass is 320 g/mol. The second-order valence-corrected chi connectivity index (χ2v) is 7.30. The molecule has 1 aliphatic carbocycles. The Morgan fingerprint density at radius 2 is 1.64 bits per heavy atom. The van der Waals surface area contributed by atoms with E-state index in [2.05, 4.69) is 5.73 Å². The van der Waals surface area contributed by atoms with Crippen LogP contribution in [0.3, 0.4) is 0 Å². The molecule has 0 spiro atoms. The van der Waals surface area contributed by atoms with Gasteiger partial charge in [-0.2, -0.15) is 0 Å². The van der Waals surface area contributed by atoms with E-state index >= 15 is 0 Å². The lowest BCUT2D eigenvalue weighted by atomic mass is 9.95. The Labute approximate surface area is 133 Å². The van der Waals surface area contributed by atoms with Crippen molar-refractivity contribution >= 4 is 12.9 Å². The fourth-order valence-corrected chi connectivity index (χ4v) is 4.44. The molecule has 0 amide bonds. The van der Waals surface area contributed by atoms with Crippen molar-refractivity contribution < 1.29 is 13.6 Å². The minimum Gasteiger partial charge on any atom is -0.305 e. The van der Waals surface area contributed by atoms with Gasteiger partial charge in [-0.05, 0) is 50.7 Å². The predicted octanol–water partition coefficient (Wildman–Crippen LogP) is 5.78. The maximum atomic E-state index is 13.2. The SMILES string of the molecule is CCOP(=O)(OCC)C(=C=C1CCCCC1)c1ccccc1. The molecule has 0 aliphatic heterocycles. The van der Waals surface area contributed by atoms with Gasteiger partial charge >= 0.3 is 7.60 Å². The Bertz CT molecular complexity index is 568. The fourth-order valence-electron chi connectivity index (χ4n) is 2.67. The molecule has 0 heterocycles. The molecule has 3 nitrogen and oxygen atoms in total. The summed E-state index contributed by atoms with van der Waals surface area (Å²) >= 11 is 0. The summed E-state index contributed by atoms with van der Waals surface area (Å²) in [6.45, 7) is 4.37. The largest absolute Gasteiger partial charge is 0.369 e. The van der Waals surface area contributed by atoms with Gasteiger partial charge in [0.25, 0.3) is 0 Å². The first-order valence-electron chi connectivity index (χ1n) is 8.13. The summed E-state index contributed by atoms with van der Waals surface area (Å²) in [5, 5.41) is 0.578. The van der Waals surface area contributed by atoms with Crippen LogP contribution in [-0.4, -0.2) is 13.2 Å². The molecular formula is C18H25O3P. The molecule has 0 N–H and O–H groups in total. The van der Waals surface area contributed by atoms with E-state index in [4.69, 9.17) is 9.05 Å². The summed E-state index contributed by atoms with van der Waals surface area (Å²) in [5.41, 5.74) is 5.50. The zero-order valence-electron chi connectivity index (χ0n) is 13.5. The van der Waals surface area contributed by atoms with Crippen molar-refractivity contribution in [1.82, 2.24) is 0 Å². The van der Waals surface area contributed by atoms with Crippen molar-refractivity contribution in [1.29, 1.82) is 0 Å². The molecule has 0 radical (unpaired) electrons. The minimum atomic E-state index is -3.33. The Morgan fingerprint density at radius 1 is 1.05 bits per heavy atom. The molecule has 22 heavy (non-hydrogen) atoms. The average Bonchev–Trinajstić information content (AvgIpc) is 2.55. The summed E-state index contributed by atoms with van der Waals surface area (Å²) in [6, 6.07) is 9.70. The third kappa shape index (κ3) is 4.44. The topological polar surface area (TPSA) is 35.5 Å². The van der Waals surface area contributed by atoms with Crippen LogP contribution in [0.2, 0.25) is 0 Å². The van der Waals surface area contributed by atoms with E-state index in [9.17, 15) is 4.57 Å². The van der Waals surface area contributed by atoms with Crippen molar-refractivity contribution in [3.05, 3.63) is 47.2 Å². The number of hydrogen-bond acceptors (Lipinski definition) is 3. The molecule has 0 bridgehead atoms. The summed E-state index contributed by atoms with van der Waals surface area (Å²) in [4.78, 5) is 0. The minimum absolute atomic E-state index is 0.352. The van der Waals surface area contributed by atoms with Crippen molar-refractivity contribution in [2.24, 2.45) is 0 Å². The molecule has 1 aliphatic rings. The zero-order chi connectivity index (χ0) is 15.8. The normalized spacial score (nSPS) is 15.5. The summed E-state index contributed by atoms with van der Waals surface area (Å²) in [5.74, 6) is 0. The Balaban J connectivity index is 2.54. The van der Waals surface area contributed by atoms with Gasteiger partial charge in [0.15, 0.2) is 0 Å². The molecule has 2 rings (SSSR count). The summed E-state index contributed by atoms with van der Waals surface area (Å²) < 4.78 is 24.3. The van der Waals surface area contributed by atoms with E-state index in [1.165, 1.54) is 24.8 Å². The highest BCUT2D eigenvalue weighted by Crippen LogP contribution is 2.60. The molecule has 0 atom stereocenters. The Kier molecular flexibility index (Phi) is 6.67. The van der Waals surface area contributed by atoms with Gasteiger partial charge in [-0.1, -0.05) is 36.8 Å². The van der Waals surface area contributed by atoms with Crippen molar-refractivity contribution in [3.63, 3.8) is 0 Å². The molecule has 1 saturated carbocycles. The van der Waals surface area contributed by atoms with Crippen LogP contribution >= 0.6 is 7.60 Å². The first-order valence-corrected chi connectivity index (χ1v) is 9.67. The highest BCUT2D eigenvalue weighted by atomic mass is 31.2. The highest BCUT2D eigenvalue weighted by Gasteiger charge is 2.31. The maximum Gasteiger partial charge on any atom is 0.369 e. The fraction of sp³-hybridized carbons (Fsp3) is 0.500. The van der Waals surface area contributed by atoms with E-state index in [0.29, 0.717) is 18.5 Å². The van der Waals surface area contributed by atoms with E-state index < -0.39 is 7.60 Å². The van der Waals surface area contributed by atoms with Crippen LogP contribution in [0.25, 0.3) is 5.31 Å². The van der Waals surface area contributed by atoms with Gasteiger partial charge in [0.2, 0.25) is 0 Å². The van der Waals surface area contributed by atoms with Gasteiger partial charge in [0.05, 0.1) is 13.2 Å². The summed E-state index contributed by atoms with van der Waals surface area (Å²) in [6.07, 6.45) is 5.67. The standard InChI is InChI=1S/C18H25O3P/c1-3-20-22(19,21-4-2)18(17-13-9-6-10-14-17)15-16-11-7-5-8-12-16/h6,9-10,13-14H,3-5,7-8,11-12H2,1-2H3. The van der Waals surface area contributed by atoms with Crippen LogP contribution in [-0.2, 0) is 13.6 Å². The van der Waals surface area contributed by atoms with Crippen LogP contribution in [0, 0.1) is 0 Å². The van der Waals surface area contributed by atoms with Crippen LogP contribution < -0.4 is 0 Å². The van der Waals surface area contributed by atoms with Gasteiger partial charge in [0.1, 0.15) is 5.31 Å². The van der Waals surface area contributed by atoms with Crippen molar-refractivity contribution in [2.75, 3.05) is 13.2 Å². The molecule has 0 unspecified atom stereocenters. The third-order valence-electron chi connectivity index (χ3n) is 3.67. The molecule has 0 saturated heterocycles. The maximum absolute atomic E-state index is 13.2. The van der Waals surface area contributed by atoms with E-state index in [0.717, 1.165) is 18.4 Å².